The average Bonchev–Trinajstić information content (AvgIpc) is 2.40. The molecule has 4 nitrogen and oxygen atoms in total. The predicted molar refractivity (Wildman–Crippen MR) is 75.1 cm³/mol. The summed E-state index contributed by atoms with van der Waals surface area (Å²) in [5, 5.41) is 22.6. The number of aromatic nitrogens is 1. The molecule has 0 radical (unpaired) electrons. The van der Waals surface area contributed by atoms with Crippen LogP contribution >= 0.6 is 0 Å². The van der Waals surface area contributed by atoms with Gasteiger partial charge in [0.05, 0.1) is 12.3 Å². The minimum absolute atomic E-state index is 0.133. The number of aliphatic hydroxyl groups is 1. The molecule has 1 aromatic heterocycles. The largest absolute Gasteiger partial charge is 0.506 e. The van der Waals surface area contributed by atoms with E-state index in [1.54, 1.807) is 13.1 Å². The topological polar surface area (TPSA) is 65.4 Å². The quantitative estimate of drug-likeness (QED) is 0.788. The van der Waals surface area contributed by atoms with Crippen LogP contribution in [0, 0.1) is 13.8 Å². The molecule has 2 aromatic rings. The van der Waals surface area contributed by atoms with Crippen molar-refractivity contribution >= 4 is 5.69 Å². The van der Waals surface area contributed by atoms with Gasteiger partial charge in [0, 0.05) is 29.6 Å². The van der Waals surface area contributed by atoms with Crippen molar-refractivity contribution in [2.24, 2.45) is 0 Å². The summed E-state index contributed by atoms with van der Waals surface area (Å²) in [4.78, 5) is 4.04. The van der Waals surface area contributed by atoms with Gasteiger partial charge in [0.15, 0.2) is 0 Å². The molecule has 0 fully saturated rings. The molecule has 0 spiro atoms. The van der Waals surface area contributed by atoms with E-state index < -0.39 is 0 Å². The Morgan fingerprint density at radius 1 is 1.26 bits per heavy atom. The summed E-state index contributed by atoms with van der Waals surface area (Å²) in [6.45, 7) is 4.09. The van der Waals surface area contributed by atoms with Gasteiger partial charge in [-0.15, -0.1) is 0 Å². The monoisotopic (exact) mass is 258 g/mol. The fourth-order valence-electron chi connectivity index (χ4n) is 1.96. The Morgan fingerprint density at radius 2 is 2.05 bits per heavy atom. The van der Waals surface area contributed by atoms with Crippen LogP contribution in [-0.2, 0) is 13.2 Å². The van der Waals surface area contributed by atoms with Crippen LogP contribution < -0.4 is 5.32 Å². The molecular formula is C15H18N2O2. The van der Waals surface area contributed by atoms with Gasteiger partial charge in [-0.25, -0.2) is 0 Å². The maximum absolute atomic E-state index is 10.0. The first-order valence-corrected chi connectivity index (χ1v) is 6.19. The van der Waals surface area contributed by atoms with E-state index in [1.807, 2.05) is 31.2 Å². The third-order valence-electron chi connectivity index (χ3n) is 3.09. The van der Waals surface area contributed by atoms with Gasteiger partial charge < -0.3 is 15.5 Å². The van der Waals surface area contributed by atoms with Crippen molar-refractivity contribution in [1.82, 2.24) is 4.98 Å². The van der Waals surface area contributed by atoms with Crippen molar-refractivity contribution in [1.29, 1.82) is 0 Å². The van der Waals surface area contributed by atoms with E-state index >= 15 is 0 Å². The van der Waals surface area contributed by atoms with E-state index in [1.165, 1.54) is 5.56 Å². The lowest BCUT2D eigenvalue weighted by Gasteiger charge is -2.13. The van der Waals surface area contributed by atoms with Crippen molar-refractivity contribution in [3.63, 3.8) is 0 Å². The van der Waals surface area contributed by atoms with E-state index in [0.717, 1.165) is 5.69 Å². The second kappa shape index (κ2) is 5.71. The highest BCUT2D eigenvalue weighted by Gasteiger charge is 2.10. The van der Waals surface area contributed by atoms with Gasteiger partial charge in [0.2, 0.25) is 0 Å². The summed E-state index contributed by atoms with van der Waals surface area (Å²) in [6, 6.07) is 8.00. The highest BCUT2D eigenvalue weighted by molar-refractivity contribution is 5.48. The first-order valence-electron chi connectivity index (χ1n) is 6.19. The molecule has 1 aromatic carbocycles. The molecule has 0 saturated carbocycles. The van der Waals surface area contributed by atoms with Gasteiger partial charge in [-0.3, -0.25) is 4.98 Å². The Bertz CT molecular complexity index is 582. The number of nitrogens with zero attached hydrogens (tertiary/aromatic N) is 1. The van der Waals surface area contributed by atoms with E-state index in [0.29, 0.717) is 23.4 Å². The molecule has 0 saturated heterocycles. The third kappa shape index (κ3) is 3.03. The van der Waals surface area contributed by atoms with Crippen molar-refractivity contribution in [2.75, 3.05) is 5.32 Å². The van der Waals surface area contributed by atoms with Gasteiger partial charge in [0.25, 0.3) is 0 Å². The Kier molecular flexibility index (Phi) is 4.02. The summed E-state index contributed by atoms with van der Waals surface area (Å²) in [5.41, 5.74) is 4.05. The maximum atomic E-state index is 10.0. The summed E-state index contributed by atoms with van der Waals surface area (Å²) >= 11 is 0. The van der Waals surface area contributed by atoms with Crippen LogP contribution in [0.4, 0.5) is 5.69 Å². The highest BCUT2D eigenvalue weighted by atomic mass is 16.3. The molecule has 0 amide bonds. The van der Waals surface area contributed by atoms with E-state index in [4.69, 9.17) is 0 Å². The Labute approximate surface area is 112 Å². The molecule has 0 bridgehead atoms. The molecule has 0 aliphatic carbocycles. The number of rotatable bonds is 4. The fourth-order valence-corrected chi connectivity index (χ4v) is 1.96. The Hall–Kier alpha value is -2.07. The van der Waals surface area contributed by atoms with Crippen LogP contribution in [-0.4, -0.2) is 15.2 Å². The Morgan fingerprint density at radius 3 is 2.74 bits per heavy atom. The maximum Gasteiger partial charge on any atom is 0.142 e. The third-order valence-corrected chi connectivity index (χ3v) is 3.09. The summed E-state index contributed by atoms with van der Waals surface area (Å²) < 4.78 is 0. The van der Waals surface area contributed by atoms with Crippen molar-refractivity contribution in [3.05, 3.63) is 52.8 Å². The van der Waals surface area contributed by atoms with Crippen LogP contribution in [0.2, 0.25) is 0 Å². The minimum atomic E-state index is -0.133. The molecule has 4 heteroatoms. The summed E-state index contributed by atoms with van der Waals surface area (Å²) in [5.74, 6) is 0.145. The zero-order chi connectivity index (χ0) is 13.8. The lowest BCUT2D eigenvalue weighted by atomic mass is 10.1. The fraction of sp³-hybridized carbons (Fsp3) is 0.267. The van der Waals surface area contributed by atoms with Crippen LogP contribution in [0.1, 0.15) is 22.4 Å². The number of benzene rings is 1. The number of aryl methyl sites for hydroxylation is 2. The minimum Gasteiger partial charge on any atom is -0.506 e. The van der Waals surface area contributed by atoms with Crippen LogP contribution in [0.5, 0.6) is 5.75 Å². The van der Waals surface area contributed by atoms with Crippen LogP contribution in [0.15, 0.2) is 30.5 Å². The zero-order valence-corrected chi connectivity index (χ0v) is 11.1. The molecule has 100 valence electrons. The SMILES string of the molecule is Cc1cccc(NCc2c(CO)cnc(C)c2O)c1. The van der Waals surface area contributed by atoms with Gasteiger partial charge in [-0.2, -0.15) is 0 Å². The molecule has 0 atom stereocenters. The zero-order valence-electron chi connectivity index (χ0n) is 11.1. The molecule has 1 heterocycles. The highest BCUT2D eigenvalue weighted by Crippen LogP contribution is 2.25. The number of hydrogen-bond acceptors (Lipinski definition) is 4. The number of pyridine rings is 1. The number of anilines is 1. The summed E-state index contributed by atoms with van der Waals surface area (Å²) in [6.07, 6.45) is 1.60. The van der Waals surface area contributed by atoms with Gasteiger partial charge in [-0.05, 0) is 31.5 Å². The molecule has 0 aliphatic heterocycles. The first kappa shape index (κ1) is 13.4. The lowest BCUT2D eigenvalue weighted by Crippen LogP contribution is -2.05. The molecule has 0 aliphatic rings. The van der Waals surface area contributed by atoms with Gasteiger partial charge in [0.1, 0.15) is 5.75 Å². The van der Waals surface area contributed by atoms with Gasteiger partial charge >= 0.3 is 0 Å². The molecule has 3 N–H and O–H groups in total. The molecule has 19 heavy (non-hydrogen) atoms. The van der Waals surface area contributed by atoms with E-state index in [2.05, 4.69) is 10.3 Å². The van der Waals surface area contributed by atoms with Gasteiger partial charge in [-0.1, -0.05) is 12.1 Å². The molecule has 2 rings (SSSR count). The standard InChI is InChI=1S/C15H18N2O2/c1-10-4-3-5-13(6-10)17-8-14-12(9-18)7-16-11(2)15(14)19/h3-7,17-19H,8-9H2,1-2H3. The second-order valence-corrected chi connectivity index (χ2v) is 4.58. The number of aliphatic hydroxyl groups excluding tert-OH is 1. The van der Waals surface area contributed by atoms with Crippen LogP contribution in [0.3, 0.4) is 0 Å². The number of aromatic hydroxyl groups is 1. The Balaban J connectivity index is 2.21. The number of hydrogen-bond donors (Lipinski definition) is 3. The normalized spacial score (nSPS) is 10.5. The van der Waals surface area contributed by atoms with E-state index in [9.17, 15) is 10.2 Å². The molecular weight excluding hydrogens is 240 g/mol. The number of nitrogens with one attached hydrogen (secondary N) is 1. The molecule has 0 unspecified atom stereocenters. The van der Waals surface area contributed by atoms with Crippen molar-refractivity contribution in [3.8, 4) is 5.75 Å². The van der Waals surface area contributed by atoms with Crippen molar-refractivity contribution < 1.29 is 10.2 Å². The first-order chi connectivity index (χ1) is 9.11. The smallest absolute Gasteiger partial charge is 0.142 e. The summed E-state index contributed by atoms with van der Waals surface area (Å²) in [7, 11) is 0. The lowest BCUT2D eigenvalue weighted by molar-refractivity contribution is 0.279. The second-order valence-electron chi connectivity index (χ2n) is 4.58. The van der Waals surface area contributed by atoms with Crippen molar-refractivity contribution in [2.45, 2.75) is 27.0 Å². The average molecular weight is 258 g/mol. The van der Waals surface area contributed by atoms with Crippen LogP contribution in [0.25, 0.3) is 0 Å². The predicted octanol–water partition coefficient (Wildman–Crippen LogP) is 2.51. The van der Waals surface area contributed by atoms with E-state index in [-0.39, 0.29) is 12.4 Å².